The van der Waals surface area contributed by atoms with Gasteiger partial charge in [0, 0.05) is 45.8 Å². The van der Waals surface area contributed by atoms with Gasteiger partial charge in [-0.1, -0.05) is 6.92 Å². The van der Waals surface area contributed by atoms with Crippen molar-refractivity contribution in [1.82, 2.24) is 10.3 Å². The molecule has 0 bridgehead atoms. The first-order chi connectivity index (χ1) is 9.31. The lowest BCUT2D eigenvalue weighted by Crippen LogP contribution is -2.29. The summed E-state index contributed by atoms with van der Waals surface area (Å²) in [7, 11) is 3.46. The van der Waals surface area contributed by atoms with E-state index in [1.54, 1.807) is 25.6 Å². The summed E-state index contributed by atoms with van der Waals surface area (Å²) in [5.74, 6) is 0. The first-order valence-electron chi connectivity index (χ1n) is 6.69. The average Bonchev–Trinajstić information content (AvgIpc) is 2.89. The lowest BCUT2D eigenvalue weighted by Gasteiger charge is -2.21. The molecule has 0 atom stereocenters. The Hall–Kier alpha value is -0.690. The maximum absolute atomic E-state index is 5.16. The van der Waals surface area contributed by atoms with E-state index in [-0.39, 0.29) is 0 Å². The molecule has 0 aromatic carbocycles. The predicted molar refractivity (Wildman–Crippen MR) is 80.1 cm³/mol. The largest absolute Gasteiger partial charge is 0.385 e. The minimum absolute atomic E-state index is 0.717. The topological polar surface area (TPSA) is 46.6 Å². The van der Waals surface area contributed by atoms with Crippen molar-refractivity contribution in [3.63, 3.8) is 0 Å². The molecule has 1 aromatic rings. The van der Waals surface area contributed by atoms with Crippen LogP contribution in [0.15, 0.2) is 5.38 Å². The van der Waals surface area contributed by atoms with E-state index < -0.39 is 0 Å². The number of nitrogens with one attached hydrogen (secondary N) is 1. The molecule has 1 rings (SSSR count). The molecule has 1 aromatic heterocycles. The van der Waals surface area contributed by atoms with Crippen LogP contribution in [-0.2, 0) is 16.0 Å². The molecule has 0 unspecified atom stereocenters. The van der Waals surface area contributed by atoms with Crippen LogP contribution in [0.1, 0.15) is 19.0 Å². The molecule has 0 amide bonds. The molecule has 0 saturated heterocycles. The molecule has 0 spiro atoms. The van der Waals surface area contributed by atoms with Crippen molar-refractivity contribution in [3.05, 3.63) is 11.1 Å². The standard InChI is InChI=1S/C13H25N3O2S/c1-4-14-10-12-11-19-13(15-12)16(7-9-18-3)6-5-8-17-2/h11,14H,4-10H2,1-3H3. The summed E-state index contributed by atoms with van der Waals surface area (Å²) >= 11 is 1.70. The second-order valence-corrected chi connectivity index (χ2v) is 5.06. The van der Waals surface area contributed by atoms with Gasteiger partial charge in [-0.05, 0) is 13.0 Å². The molecule has 0 aliphatic rings. The Bertz CT molecular complexity index is 333. The van der Waals surface area contributed by atoms with E-state index >= 15 is 0 Å². The third-order valence-corrected chi connectivity index (χ3v) is 3.66. The Kier molecular flexibility index (Phi) is 8.73. The van der Waals surface area contributed by atoms with Crippen LogP contribution >= 0.6 is 11.3 Å². The second-order valence-electron chi connectivity index (χ2n) is 4.23. The number of thiazole rings is 1. The predicted octanol–water partition coefficient (Wildman–Crippen LogP) is 1.74. The summed E-state index contributed by atoms with van der Waals surface area (Å²) < 4.78 is 10.3. The van der Waals surface area contributed by atoms with Crippen molar-refractivity contribution < 1.29 is 9.47 Å². The number of methoxy groups -OCH3 is 2. The van der Waals surface area contributed by atoms with Crippen LogP contribution in [0, 0.1) is 0 Å². The van der Waals surface area contributed by atoms with Gasteiger partial charge in [0.05, 0.1) is 12.3 Å². The Morgan fingerprint density at radius 2 is 2.05 bits per heavy atom. The molecule has 0 aliphatic carbocycles. The highest BCUT2D eigenvalue weighted by Crippen LogP contribution is 2.20. The highest BCUT2D eigenvalue weighted by Gasteiger charge is 2.10. The molecule has 1 N–H and O–H groups in total. The van der Waals surface area contributed by atoms with Crippen LogP contribution in [0.25, 0.3) is 0 Å². The fourth-order valence-electron chi connectivity index (χ4n) is 1.68. The van der Waals surface area contributed by atoms with Gasteiger partial charge < -0.3 is 19.7 Å². The van der Waals surface area contributed by atoms with Crippen LogP contribution in [0.3, 0.4) is 0 Å². The Morgan fingerprint density at radius 3 is 2.74 bits per heavy atom. The average molecular weight is 287 g/mol. The number of nitrogens with zero attached hydrogens (tertiary/aromatic N) is 2. The normalized spacial score (nSPS) is 10.9. The maximum Gasteiger partial charge on any atom is 0.185 e. The Labute approximate surface area is 119 Å². The van der Waals surface area contributed by atoms with Crippen molar-refractivity contribution in [2.45, 2.75) is 19.9 Å². The van der Waals surface area contributed by atoms with E-state index in [1.165, 1.54) is 0 Å². The molecule has 5 nitrogen and oxygen atoms in total. The monoisotopic (exact) mass is 287 g/mol. The fraction of sp³-hybridized carbons (Fsp3) is 0.769. The van der Waals surface area contributed by atoms with Crippen LogP contribution in [-0.4, -0.2) is 52.1 Å². The van der Waals surface area contributed by atoms with Gasteiger partial charge in [-0.15, -0.1) is 11.3 Å². The minimum Gasteiger partial charge on any atom is -0.385 e. The van der Waals surface area contributed by atoms with E-state index in [9.17, 15) is 0 Å². The zero-order valence-corrected chi connectivity index (χ0v) is 13.0. The van der Waals surface area contributed by atoms with E-state index in [0.717, 1.165) is 56.6 Å². The smallest absolute Gasteiger partial charge is 0.185 e. The van der Waals surface area contributed by atoms with Gasteiger partial charge in [-0.2, -0.15) is 0 Å². The molecule has 0 radical (unpaired) electrons. The highest BCUT2D eigenvalue weighted by atomic mass is 32.1. The van der Waals surface area contributed by atoms with Crippen LogP contribution in [0.5, 0.6) is 0 Å². The van der Waals surface area contributed by atoms with Gasteiger partial charge in [-0.3, -0.25) is 0 Å². The van der Waals surface area contributed by atoms with Gasteiger partial charge in [0.15, 0.2) is 5.13 Å². The van der Waals surface area contributed by atoms with Crippen molar-refractivity contribution in [2.75, 3.05) is 52.0 Å². The number of ether oxygens (including phenoxy) is 2. The first-order valence-corrected chi connectivity index (χ1v) is 7.57. The third-order valence-electron chi connectivity index (χ3n) is 2.71. The number of anilines is 1. The lowest BCUT2D eigenvalue weighted by molar-refractivity contribution is 0.191. The van der Waals surface area contributed by atoms with Gasteiger partial charge in [0.2, 0.25) is 0 Å². The molecule has 19 heavy (non-hydrogen) atoms. The van der Waals surface area contributed by atoms with E-state index in [4.69, 9.17) is 9.47 Å². The van der Waals surface area contributed by atoms with Crippen LogP contribution < -0.4 is 10.2 Å². The van der Waals surface area contributed by atoms with Gasteiger partial charge >= 0.3 is 0 Å². The number of hydrogen-bond acceptors (Lipinski definition) is 6. The zero-order chi connectivity index (χ0) is 13.9. The molecule has 0 aliphatic heterocycles. The van der Waals surface area contributed by atoms with Crippen LogP contribution in [0.2, 0.25) is 0 Å². The minimum atomic E-state index is 0.717. The summed E-state index contributed by atoms with van der Waals surface area (Å²) in [5.41, 5.74) is 1.11. The molecule has 0 fully saturated rings. The molecular weight excluding hydrogens is 262 g/mol. The van der Waals surface area contributed by atoms with Gasteiger partial charge in [0.25, 0.3) is 0 Å². The Morgan fingerprint density at radius 1 is 1.26 bits per heavy atom. The number of aromatic nitrogens is 1. The van der Waals surface area contributed by atoms with Gasteiger partial charge in [-0.25, -0.2) is 4.98 Å². The zero-order valence-electron chi connectivity index (χ0n) is 12.1. The fourth-order valence-corrected chi connectivity index (χ4v) is 2.56. The molecule has 1 heterocycles. The summed E-state index contributed by atoms with van der Waals surface area (Å²) in [6, 6.07) is 0. The lowest BCUT2D eigenvalue weighted by atomic mass is 10.4. The maximum atomic E-state index is 5.16. The summed E-state index contributed by atoms with van der Waals surface area (Å²) in [6.07, 6.45) is 1.00. The van der Waals surface area contributed by atoms with Crippen LogP contribution in [0.4, 0.5) is 5.13 Å². The van der Waals surface area contributed by atoms with Crippen molar-refractivity contribution in [2.24, 2.45) is 0 Å². The second kappa shape index (κ2) is 10.1. The number of rotatable bonds is 11. The van der Waals surface area contributed by atoms with E-state index in [0.29, 0.717) is 0 Å². The third kappa shape index (κ3) is 6.33. The number of hydrogen-bond donors (Lipinski definition) is 1. The SMILES string of the molecule is CCNCc1csc(N(CCCOC)CCOC)n1. The highest BCUT2D eigenvalue weighted by molar-refractivity contribution is 7.13. The van der Waals surface area contributed by atoms with Crippen molar-refractivity contribution in [1.29, 1.82) is 0 Å². The first kappa shape index (κ1) is 16.4. The molecular formula is C13H25N3O2S. The molecule has 0 saturated carbocycles. The summed E-state index contributed by atoms with van der Waals surface area (Å²) in [6.45, 7) is 7.22. The molecule has 6 heteroatoms. The van der Waals surface area contributed by atoms with Gasteiger partial charge in [0.1, 0.15) is 0 Å². The van der Waals surface area contributed by atoms with E-state index in [2.05, 4.69) is 27.5 Å². The van der Waals surface area contributed by atoms with E-state index in [1.807, 2.05) is 0 Å². The Balaban J connectivity index is 2.53. The summed E-state index contributed by atoms with van der Waals surface area (Å²) in [5, 5.41) is 6.48. The summed E-state index contributed by atoms with van der Waals surface area (Å²) in [4.78, 5) is 6.93. The van der Waals surface area contributed by atoms with Crippen molar-refractivity contribution in [3.8, 4) is 0 Å². The van der Waals surface area contributed by atoms with Crippen molar-refractivity contribution >= 4 is 16.5 Å². The quantitative estimate of drug-likeness (QED) is 0.628. The molecule has 110 valence electrons.